The average Bonchev–Trinajstić information content (AvgIpc) is 2.98. The predicted molar refractivity (Wildman–Crippen MR) is 86.3 cm³/mol. The molecule has 0 spiro atoms. The summed E-state index contributed by atoms with van der Waals surface area (Å²) >= 11 is 0. The smallest absolute Gasteiger partial charge is 0.227 e. The molecule has 1 fully saturated rings. The number of benzene rings is 2. The van der Waals surface area contributed by atoms with E-state index in [2.05, 4.69) is 0 Å². The molecule has 2 aromatic rings. The van der Waals surface area contributed by atoms with Gasteiger partial charge in [0.05, 0.1) is 30.2 Å². The van der Waals surface area contributed by atoms with Crippen molar-refractivity contribution in [3.63, 3.8) is 0 Å². The van der Waals surface area contributed by atoms with Crippen molar-refractivity contribution in [2.45, 2.75) is 25.0 Å². The molecule has 1 aliphatic heterocycles. The first-order chi connectivity index (χ1) is 11.6. The van der Waals surface area contributed by atoms with Gasteiger partial charge in [0.15, 0.2) is 0 Å². The SMILES string of the molecule is N#Cc1ccc(CC(=O)N2C[C@@H](O)C[C@@H]2c2cccc(F)c2)cc1. The van der Waals surface area contributed by atoms with E-state index in [1.54, 1.807) is 41.3 Å². The molecule has 0 saturated carbocycles. The van der Waals surface area contributed by atoms with Crippen molar-refractivity contribution in [3.05, 3.63) is 71.0 Å². The summed E-state index contributed by atoms with van der Waals surface area (Å²) in [6.07, 6.45) is -0.0181. The summed E-state index contributed by atoms with van der Waals surface area (Å²) in [7, 11) is 0. The zero-order chi connectivity index (χ0) is 17.1. The maximum atomic E-state index is 13.5. The number of rotatable bonds is 3. The van der Waals surface area contributed by atoms with Crippen LogP contribution in [-0.2, 0) is 11.2 Å². The van der Waals surface area contributed by atoms with Crippen LogP contribution in [0.2, 0.25) is 0 Å². The number of likely N-dealkylation sites (tertiary alicyclic amines) is 1. The van der Waals surface area contributed by atoms with Crippen molar-refractivity contribution in [1.82, 2.24) is 4.90 Å². The van der Waals surface area contributed by atoms with Crippen LogP contribution in [0.25, 0.3) is 0 Å². The lowest BCUT2D eigenvalue weighted by Crippen LogP contribution is -2.33. The molecule has 0 radical (unpaired) electrons. The summed E-state index contributed by atoms with van der Waals surface area (Å²) in [4.78, 5) is 14.2. The maximum absolute atomic E-state index is 13.5. The van der Waals surface area contributed by atoms with Gasteiger partial charge in [-0.1, -0.05) is 24.3 Å². The van der Waals surface area contributed by atoms with Crippen LogP contribution in [0.1, 0.15) is 29.2 Å². The third kappa shape index (κ3) is 3.44. The quantitative estimate of drug-likeness (QED) is 0.944. The molecule has 24 heavy (non-hydrogen) atoms. The minimum Gasteiger partial charge on any atom is -0.391 e. The number of carbonyl (C=O) groups is 1. The minimum absolute atomic E-state index is 0.120. The second-order valence-corrected chi connectivity index (χ2v) is 5.99. The Balaban J connectivity index is 1.77. The number of amides is 1. The van der Waals surface area contributed by atoms with E-state index in [1.807, 2.05) is 6.07 Å². The van der Waals surface area contributed by atoms with Crippen molar-refractivity contribution >= 4 is 5.91 Å². The van der Waals surface area contributed by atoms with E-state index >= 15 is 0 Å². The number of nitrogens with zero attached hydrogens (tertiary/aromatic N) is 2. The van der Waals surface area contributed by atoms with Gasteiger partial charge in [0.2, 0.25) is 5.91 Å². The molecule has 0 aliphatic carbocycles. The molecule has 5 heteroatoms. The minimum atomic E-state index is -0.608. The highest BCUT2D eigenvalue weighted by atomic mass is 19.1. The average molecular weight is 324 g/mol. The summed E-state index contributed by atoms with van der Waals surface area (Å²) in [6, 6.07) is 14.7. The van der Waals surface area contributed by atoms with Crippen molar-refractivity contribution < 1.29 is 14.3 Å². The molecule has 0 aromatic heterocycles. The molecular formula is C19H17FN2O2. The lowest BCUT2D eigenvalue weighted by molar-refractivity contribution is -0.131. The monoisotopic (exact) mass is 324 g/mol. The Kier molecular flexibility index (Phi) is 4.59. The highest BCUT2D eigenvalue weighted by Gasteiger charge is 2.35. The molecule has 1 amide bonds. The number of hydrogen-bond acceptors (Lipinski definition) is 3. The van der Waals surface area contributed by atoms with Crippen LogP contribution in [0.4, 0.5) is 4.39 Å². The van der Waals surface area contributed by atoms with Gasteiger partial charge in [0.25, 0.3) is 0 Å². The largest absolute Gasteiger partial charge is 0.391 e. The van der Waals surface area contributed by atoms with Gasteiger partial charge in [0.1, 0.15) is 5.82 Å². The Hall–Kier alpha value is -2.71. The summed E-state index contributed by atoms with van der Waals surface area (Å²) in [6.45, 7) is 0.246. The first-order valence-corrected chi connectivity index (χ1v) is 7.79. The van der Waals surface area contributed by atoms with Gasteiger partial charge >= 0.3 is 0 Å². The zero-order valence-electron chi connectivity index (χ0n) is 13.0. The molecular weight excluding hydrogens is 307 g/mol. The van der Waals surface area contributed by atoms with E-state index in [-0.39, 0.29) is 30.7 Å². The van der Waals surface area contributed by atoms with E-state index in [1.165, 1.54) is 12.1 Å². The van der Waals surface area contributed by atoms with Gasteiger partial charge < -0.3 is 10.0 Å². The normalized spacial score (nSPS) is 20.0. The number of aliphatic hydroxyl groups excluding tert-OH is 1. The number of nitriles is 1. The molecule has 1 heterocycles. The van der Waals surface area contributed by atoms with Crippen molar-refractivity contribution in [2.75, 3.05) is 6.54 Å². The first kappa shape index (κ1) is 16.2. The van der Waals surface area contributed by atoms with Gasteiger partial charge in [0, 0.05) is 6.54 Å². The number of β-amino-alcohol motifs (C(OH)–C–C–N with tert-alkyl or cyclic N) is 1. The molecule has 2 aromatic carbocycles. The van der Waals surface area contributed by atoms with Gasteiger partial charge in [-0.25, -0.2) is 4.39 Å². The van der Waals surface area contributed by atoms with E-state index in [0.29, 0.717) is 17.5 Å². The highest BCUT2D eigenvalue weighted by molar-refractivity contribution is 5.79. The lowest BCUT2D eigenvalue weighted by Gasteiger charge is -2.25. The molecule has 1 N–H and O–H groups in total. The molecule has 122 valence electrons. The van der Waals surface area contributed by atoms with Gasteiger partial charge in [-0.15, -0.1) is 0 Å². The Labute approximate surface area is 139 Å². The second kappa shape index (κ2) is 6.81. The molecule has 1 saturated heterocycles. The van der Waals surface area contributed by atoms with Crippen LogP contribution in [0, 0.1) is 17.1 Å². The number of aliphatic hydroxyl groups is 1. The van der Waals surface area contributed by atoms with E-state index in [4.69, 9.17) is 5.26 Å². The number of hydrogen-bond donors (Lipinski definition) is 1. The van der Waals surface area contributed by atoms with Gasteiger partial charge in [-0.05, 0) is 41.8 Å². The van der Waals surface area contributed by atoms with Crippen LogP contribution in [0.15, 0.2) is 48.5 Å². The second-order valence-electron chi connectivity index (χ2n) is 5.99. The van der Waals surface area contributed by atoms with Gasteiger partial charge in [-0.2, -0.15) is 5.26 Å². The Morgan fingerprint density at radius 3 is 2.71 bits per heavy atom. The van der Waals surface area contributed by atoms with E-state index in [0.717, 1.165) is 5.56 Å². The fourth-order valence-corrected chi connectivity index (χ4v) is 3.09. The summed E-state index contributed by atoms with van der Waals surface area (Å²) < 4.78 is 13.5. The fourth-order valence-electron chi connectivity index (χ4n) is 3.09. The van der Waals surface area contributed by atoms with E-state index < -0.39 is 6.10 Å². The highest BCUT2D eigenvalue weighted by Crippen LogP contribution is 2.33. The zero-order valence-corrected chi connectivity index (χ0v) is 13.0. The van der Waals surface area contributed by atoms with Crippen LogP contribution in [0.3, 0.4) is 0 Å². The maximum Gasteiger partial charge on any atom is 0.227 e. The standard InChI is InChI=1S/C19H17FN2O2/c20-16-3-1-2-15(9-16)18-10-17(23)12-22(18)19(24)8-13-4-6-14(11-21)7-5-13/h1-7,9,17-18,23H,8,10,12H2/t17-,18+/m0/s1. The lowest BCUT2D eigenvalue weighted by atomic mass is 10.0. The molecule has 3 rings (SSSR count). The molecule has 0 unspecified atom stereocenters. The topological polar surface area (TPSA) is 64.3 Å². The third-order valence-corrected chi connectivity index (χ3v) is 4.27. The summed E-state index contributed by atoms with van der Waals surface area (Å²) in [5, 5.41) is 18.8. The Morgan fingerprint density at radius 2 is 2.04 bits per heavy atom. The van der Waals surface area contributed by atoms with Crippen molar-refractivity contribution in [3.8, 4) is 6.07 Å². The van der Waals surface area contributed by atoms with Gasteiger partial charge in [-0.3, -0.25) is 4.79 Å². The number of halogens is 1. The third-order valence-electron chi connectivity index (χ3n) is 4.27. The van der Waals surface area contributed by atoms with Crippen LogP contribution >= 0.6 is 0 Å². The fraction of sp³-hybridized carbons (Fsp3) is 0.263. The van der Waals surface area contributed by atoms with Crippen molar-refractivity contribution in [1.29, 1.82) is 5.26 Å². The Morgan fingerprint density at radius 1 is 1.29 bits per heavy atom. The van der Waals surface area contributed by atoms with Crippen molar-refractivity contribution in [2.24, 2.45) is 0 Å². The van der Waals surface area contributed by atoms with Crippen LogP contribution < -0.4 is 0 Å². The van der Waals surface area contributed by atoms with Crippen LogP contribution in [0.5, 0.6) is 0 Å². The Bertz CT molecular complexity index is 783. The summed E-state index contributed by atoms with van der Waals surface area (Å²) in [5.41, 5.74) is 2.04. The van der Waals surface area contributed by atoms with E-state index in [9.17, 15) is 14.3 Å². The molecule has 4 nitrogen and oxygen atoms in total. The molecule has 0 bridgehead atoms. The molecule has 2 atom stereocenters. The predicted octanol–water partition coefficient (Wildman–Crippen LogP) is 2.57. The summed E-state index contributed by atoms with van der Waals surface area (Å²) in [5.74, 6) is -0.473. The van der Waals surface area contributed by atoms with Crippen LogP contribution in [-0.4, -0.2) is 28.6 Å². The first-order valence-electron chi connectivity index (χ1n) is 7.79. The number of carbonyl (C=O) groups excluding carboxylic acids is 1. The molecule has 1 aliphatic rings.